The third-order valence-electron chi connectivity index (χ3n) is 3.64. The molecule has 0 aliphatic carbocycles. The van der Waals surface area contributed by atoms with Crippen LogP contribution in [0.4, 0.5) is 5.69 Å². The zero-order valence-electron chi connectivity index (χ0n) is 15.0. The Morgan fingerprint density at radius 1 is 1.24 bits per heavy atom. The summed E-state index contributed by atoms with van der Waals surface area (Å²) in [5.41, 5.74) is 2.95. The maximum atomic E-state index is 11.3. The molecule has 6 nitrogen and oxygen atoms in total. The first-order valence-corrected chi connectivity index (χ1v) is 8.83. The number of aliphatic imine (C=N–C) groups is 1. The minimum Gasteiger partial charge on any atom is -0.495 e. The summed E-state index contributed by atoms with van der Waals surface area (Å²) in [6.07, 6.45) is 0. The van der Waals surface area contributed by atoms with Crippen LogP contribution in [-0.2, 0) is 17.9 Å². The zero-order valence-corrected chi connectivity index (χ0v) is 15.8. The van der Waals surface area contributed by atoms with Crippen LogP contribution in [0, 0.1) is 6.92 Å². The van der Waals surface area contributed by atoms with Crippen LogP contribution in [0.25, 0.3) is 0 Å². The summed E-state index contributed by atoms with van der Waals surface area (Å²) >= 11 is 1.73. The molecule has 0 saturated carbocycles. The second kappa shape index (κ2) is 9.08. The molecule has 7 heteroatoms. The van der Waals surface area contributed by atoms with E-state index >= 15 is 0 Å². The SMILES string of the molecule is CN=C(NCc1ccc(OC)c(NC(C)=O)c1)NCc1sccc1C. The number of nitrogens with zero attached hydrogens (tertiary/aromatic N) is 1. The lowest BCUT2D eigenvalue weighted by Crippen LogP contribution is -2.36. The van der Waals surface area contributed by atoms with Gasteiger partial charge in [-0.1, -0.05) is 6.07 Å². The van der Waals surface area contributed by atoms with Gasteiger partial charge in [0.1, 0.15) is 5.75 Å². The molecule has 2 rings (SSSR count). The van der Waals surface area contributed by atoms with Crippen LogP contribution in [-0.4, -0.2) is 26.0 Å². The summed E-state index contributed by atoms with van der Waals surface area (Å²) in [6, 6.07) is 7.80. The summed E-state index contributed by atoms with van der Waals surface area (Å²) in [5, 5.41) is 11.4. The summed E-state index contributed by atoms with van der Waals surface area (Å²) in [7, 11) is 3.32. The van der Waals surface area contributed by atoms with E-state index < -0.39 is 0 Å². The largest absolute Gasteiger partial charge is 0.495 e. The van der Waals surface area contributed by atoms with Gasteiger partial charge in [-0.05, 0) is 41.6 Å². The highest BCUT2D eigenvalue weighted by atomic mass is 32.1. The first-order valence-electron chi connectivity index (χ1n) is 7.95. The van der Waals surface area contributed by atoms with E-state index in [0.29, 0.717) is 18.0 Å². The highest BCUT2D eigenvalue weighted by molar-refractivity contribution is 7.10. The maximum absolute atomic E-state index is 11.3. The van der Waals surface area contributed by atoms with Crippen LogP contribution in [0.3, 0.4) is 0 Å². The molecule has 0 atom stereocenters. The number of thiophene rings is 1. The van der Waals surface area contributed by atoms with Crippen molar-refractivity contribution in [3.8, 4) is 5.75 Å². The van der Waals surface area contributed by atoms with Crippen LogP contribution in [0.5, 0.6) is 5.75 Å². The van der Waals surface area contributed by atoms with Crippen molar-refractivity contribution in [2.45, 2.75) is 26.9 Å². The fourth-order valence-electron chi connectivity index (χ4n) is 2.31. The number of anilines is 1. The average molecular weight is 360 g/mol. The highest BCUT2D eigenvalue weighted by Crippen LogP contribution is 2.25. The van der Waals surface area contributed by atoms with Crippen LogP contribution < -0.4 is 20.7 Å². The molecule has 1 amide bonds. The minimum atomic E-state index is -0.132. The molecule has 1 aromatic carbocycles. The van der Waals surface area contributed by atoms with Gasteiger partial charge >= 0.3 is 0 Å². The summed E-state index contributed by atoms with van der Waals surface area (Å²) in [4.78, 5) is 16.9. The van der Waals surface area contributed by atoms with Crippen LogP contribution >= 0.6 is 11.3 Å². The number of carbonyl (C=O) groups excluding carboxylic acids is 1. The minimum absolute atomic E-state index is 0.132. The molecule has 25 heavy (non-hydrogen) atoms. The Morgan fingerprint density at radius 3 is 2.60 bits per heavy atom. The molecule has 0 fully saturated rings. The number of guanidine groups is 1. The monoisotopic (exact) mass is 360 g/mol. The molecule has 0 spiro atoms. The van der Waals surface area contributed by atoms with Crippen molar-refractivity contribution in [3.63, 3.8) is 0 Å². The number of nitrogens with one attached hydrogen (secondary N) is 3. The molecule has 0 saturated heterocycles. The molecule has 134 valence electrons. The van der Waals surface area contributed by atoms with Gasteiger partial charge in [-0.3, -0.25) is 9.79 Å². The van der Waals surface area contributed by atoms with Gasteiger partial charge in [0.2, 0.25) is 5.91 Å². The van der Waals surface area contributed by atoms with Crippen molar-refractivity contribution in [1.29, 1.82) is 0 Å². The van der Waals surface area contributed by atoms with E-state index in [1.807, 2.05) is 18.2 Å². The van der Waals surface area contributed by atoms with Crippen molar-refractivity contribution < 1.29 is 9.53 Å². The summed E-state index contributed by atoms with van der Waals surface area (Å²) in [6.45, 7) is 4.90. The topological polar surface area (TPSA) is 74.8 Å². The van der Waals surface area contributed by atoms with Gasteiger partial charge in [0, 0.05) is 25.4 Å². The lowest BCUT2D eigenvalue weighted by molar-refractivity contribution is -0.114. The van der Waals surface area contributed by atoms with E-state index in [4.69, 9.17) is 4.74 Å². The Hall–Kier alpha value is -2.54. The molecule has 2 aromatic rings. The van der Waals surface area contributed by atoms with E-state index in [9.17, 15) is 4.79 Å². The molecule has 1 heterocycles. The van der Waals surface area contributed by atoms with E-state index in [0.717, 1.165) is 18.1 Å². The quantitative estimate of drug-likeness (QED) is 0.547. The number of benzene rings is 1. The predicted octanol–water partition coefficient (Wildman–Crippen LogP) is 2.89. The second-order valence-electron chi connectivity index (χ2n) is 5.52. The number of carbonyl (C=O) groups is 1. The van der Waals surface area contributed by atoms with Gasteiger partial charge in [0.05, 0.1) is 19.3 Å². The number of hydrogen-bond donors (Lipinski definition) is 3. The molecule has 0 radical (unpaired) electrons. The van der Waals surface area contributed by atoms with E-state index in [1.165, 1.54) is 17.4 Å². The fraction of sp³-hybridized carbons (Fsp3) is 0.333. The van der Waals surface area contributed by atoms with Crippen molar-refractivity contribution in [3.05, 3.63) is 45.6 Å². The Labute approximate surface area is 152 Å². The van der Waals surface area contributed by atoms with Gasteiger partial charge in [0.15, 0.2) is 5.96 Å². The lowest BCUT2D eigenvalue weighted by atomic mass is 10.2. The van der Waals surface area contributed by atoms with Gasteiger partial charge in [0.25, 0.3) is 0 Å². The summed E-state index contributed by atoms with van der Waals surface area (Å²) < 4.78 is 5.27. The molecule has 0 unspecified atom stereocenters. The van der Waals surface area contributed by atoms with E-state index in [-0.39, 0.29) is 5.91 Å². The molecule has 3 N–H and O–H groups in total. The Morgan fingerprint density at radius 2 is 2.00 bits per heavy atom. The highest BCUT2D eigenvalue weighted by Gasteiger charge is 2.07. The Kier molecular flexibility index (Phi) is 6.82. The van der Waals surface area contributed by atoms with Crippen molar-refractivity contribution in [2.75, 3.05) is 19.5 Å². The van der Waals surface area contributed by atoms with Gasteiger partial charge in [-0.15, -0.1) is 11.3 Å². The molecule has 1 aromatic heterocycles. The first kappa shape index (κ1) is 18.8. The van der Waals surface area contributed by atoms with E-state index in [1.54, 1.807) is 25.5 Å². The smallest absolute Gasteiger partial charge is 0.221 e. The fourth-order valence-corrected chi connectivity index (χ4v) is 3.15. The van der Waals surface area contributed by atoms with Crippen LogP contribution in [0.1, 0.15) is 22.9 Å². The predicted molar refractivity (Wildman–Crippen MR) is 103 cm³/mol. The van der Waals surface area contributed by atoms with Crippen molar-refractivity contribution >= 4 is 28.9 Å². The zero-order chi connectivity index (χ0) is 18.2. The maximum Gasteiger partial charge on any atom is 0.221 e. The van der Waals surface area contributed by atoms with E-state index in [2.05, 4.69) is 39.3 Å². The number of aryl methyl sites for hydroxylation is 1. The third-order valence-corrected chi connectivity index (χ3v) is 4.67. The Balaban J connectivity index is 1.96. The van der Waals surface area contributed by atoms with Crippen LogP contribution in [0.15, 0.2) is 34.6 Å². The number of ether oxygens (including phenoxy) is 1. The molecule has 0 aliphatic rings. The summed E-state index contributed by atoms with van der Waals surface area (Å²) in [5.74, 6) is 1.23. The lowest BCUT2D eigenvalue weighted by Gasteiger charge is -2.14. The normalized spacial score (nSPS) is 11.1. The van der Waals surface area contributed by atoms with Crippen molar-refractivity contribution in [1.82, 2.24) is 10.6 Å². The van der Waals surface area contributed by atoms with Crippen LogP contribution in [0.2, 0.25) is 0 Å². The van der Waals surface area contributed by atoms with Gasteiger partial charge < -0.3 is 20.7 Å². The third kappa shape index (κ3) is 5.49. The molecular formula is C18H24N4O2S. The molecular weight excluding hydrogens is 336 g/mol. The molecule has 0 bridgehead atoms. The number of amides is 1. The average Bonchev–Trinajstić information content (AvgIpc) is 3.00. The van der Waals surface area contributed by atoms with Gasteiger partial charge in [-0.25, -0.2) is 0 Å². The number of rotatable bonds is 6. The van der Waals surface area contributed by atoms with Gasteiger partial charge in [-0.2, -0.15) is 0 Å². The van der Waals surface area contributed by atoms with Crippen molar-refractivity contribution in [2.24, 2.45) is 4.99 Å². The standard InChI is InChI=1S/C18H24N4O2S/c1-12-7-8-25-17(12)11-21-18(19-3)20-10-14-5-6-16(24-4)15(9-14)22-13(2)23/h5-9H,10-11H2,1-4H3,(H,22,23)(H2,19,20,21). The molecule has 0 aliphatic heterocycles. The first-order chi connectivity index (χ1) is 12.0. The second-order valence-corrected chi connectivity index (χ2v) is 6.52. The number of hydrogen-bond acceptors (Lipinski definition) is 4. The Bertz CT molecular complexity index is 755. The number of methoxy groups -OCH3 is 1.